The van der Waals surface area contributed by atoms with Crippen molar-refractivity contribution in [2.24, 2.45) is 0 Å². The summed E-state index contributed by atoms with van der Waals surface area (Å²) in [5.41, 5.74) is 7.35. The Morgan fingerprint density at radius 2 is 1.79 bits per heavy atom. The molecule has 0 atom stereocenters. The summed E-state index contributed by atoms with van der Waals surface area (Å²) in [6.45, 7) is 3.16. The van der Waals surface area contributed by atoms with Crippen LogP contribution in [0, 0.1) is 5.82 Å². The number of aromatic nitrogens is 3. The third-order valence-corrected chi connectivity index (χ3v) is 4.89. The van der Waals surface area contributed by atoms with Gasteiger partial charge in [-0.2, -0.15) is 0 Å². The van der Waals surface area contributed by atoms with E-state index in [1.807, 2.05) is 18.2 Å². The van der Waals surface area contributed by atoms with Crippen LogP contribution >= 0.6 is 11.6 Å². The van der Waals surface area contributed by atoms with Crippen LogP contribution in [0.1, 0.15) is 0 Å². The minimum atomic E-state index is -0.477. The Morgan fingerprint density at radius 1 is 1.00 bits per heavy atom. The van der Waals surface area contributed by atoms with Gasteiger partial charge in [-0.15, -0.1) is 0 Å². The average Bonchev–Trinajstić information content (AvgIpc) is 2.73. The molecule has 2 aromatic heterocycles. The number of anilines is 5. The first-order chi connectivity index (χ1) is 13.6. The van der Waals surface area contributed by atoms with E-state index < -0.39 is 5.82 Å². The second-order valence-corrected chi connectivity index (χ2v) is 6.78. The monoisotopic (exact) mass is 399 g/mol. The number of rotatable bonds is 4. The van der Waals surface area contributed by atoms with Crippen molar-refractivity contribution in [1.29, 1.82) is 0 Å². The highest BCUT2D eigenvalue weighted by Crippen LogP contribution is 2.30. The summed E-state index contributed by atoms with van der Waals surface area (Å²) in [7, 11) is 0. The lowest BCUT2D eigenvalue weighted by molar-refractivity contribution is 0.628. The van der Waals surface area contributed by atoms with E-state index in [9.17, 15) is 4.39 Å². The number of halogens is 2. The molecule has 144 valence electrons. The van der Waals surface area contributed by atoms with Gasteiger partial charge in [0, 0.05) is 38.1 Å². The van der Waals surface area contributed by atoms with Crippen molar-refractivity contribution in [1.82, 2.24) is 15.0 Å². The number of hydrogen-bond acceptors (Lipinski definition) is 7. The minimum absolute atomic E-state index is 0.0310. The molecule has 1 fully saturated rings. The quantitative estimate of drug-likeness (QED) is 0.696. The van der Waals surface area contributed by atoms with Gasteiger partial charge in [0.2, 0.25) is 0 Å². The van der Waals surface area contributed by atoms with Gasteiger partial charge in [0.15, 0.2) is 11.6 Å². The van der Waals surface area contributed by atoms with Crippen molar-refractivity contribution in [3.63, 3.8) is 0 Å². The summed E-state index contributed by atoms with van der Waals surface area (Å²) < 4.78 is 13.4. The van der Waals surface area contributed by atoms with Crippen LogP contribution in [0.3, 0.4) is 0 Å². The lowest BCUT2D eigenvalue weighted by Gasteiger charge is -2.36. The van der Waals surface area contributed by atoms with Gasteiger partial charge in [0.05, 0.1) is 5.02 Å². The van der Waals surface area contributed by atoms with Crippen molar-refractivity contribution in [2.75, 3.05) is 47.0 Å². The maximum absolute atomic E-state index is 13.4. The third kappa shape index (κ3) is 3.77. The molecule has 0 saturated carbocycles. The Hall–Kier alpha value is -3.13. The normalized spacial score (nSPS) is 14.2. The molecule has 1 aromatic carbocycles. The SMILES string of the molecule is Nc1c(Nc2ccc(F)c(Cl)c2)ncnc1N1CCN(c2ccccn2)CC1. The molecule has 0 bridgehead atoms. The van der Waals surface area contributed by atoms with Gasteiger partial charge in [0.25, 0.3) is 0 Å². The molecule has 1 aliphatic heterocycles. The molecule has 3 N–H and O–H groups in total. The molecule has 3 aromatic rings. The van der Waals surface area contributed by atoms with Gasteiger partial charge >= 0.3 is 0 Å². The van der Waals surface area contributed by atoms with E-state index in [0.717, 1.165) is 32.0 Å². The van der Waals surface area contributed by atoms with Crippen LogP contribution < -0.4 is 20.9 Å². The van der Waals surface area contributed by atoms with Crippen LogP contribution in [-0.2, 0) is 0 Å². The fraction of sp³-hybridized carbons (Fsp3) is 0.211. The predicted molar refractivity (Wildman–Crippen MR) is 110 cm³/mol. The van der Waals surface area contributed by atoms with Gasteiger partial charge in [-0.3, -0.25) is 0 Å². The van der Waals surface area contributed by atoms with E-state index in [-0.39, 0.29) is 5.02 Å². The first-order valence-electron chi connectivity index (χ1n) is 8.85. The lowest BCUT2D eigenvalue weighted by atomic mass is 10.2. The summed E-state index contributed by atoms with van der Waals surface area (Å²) in [5, 5.41) is 3.11. The zero-order valence-electron chi connectivity index (χ0n) is 15.0. The summed E-state index contributed by atoms with van der Waals surface area (Å²) in [5.74, 6) is 1.62. The van der Waals surface area contributed by atoms with Crippen LogP contribution in [0.2, 0.25) is 5.02 Å². The Kier molecular flexibility index (Phi) is 5.12. The molecule has 0 aliphatic carbocycles. The maximum Gasteiger partial charge on any atom is 0.159 e. The highest BCUT2D eigenvalue weighted by Gasteiger charge is 2.22. The number of pyridine rings is 1. The van der Waals surface area contributed by atoms with Crippen LogP contribution in [0.5, 0.6) is 0 Å². The van der Waals surface area contributed by atoms with Crippen LogP contribution in [0.4, 0.5) is 33.2 Å². The summed E-state index contributed by atoms with van der Waals surface area (Å²) >= 11 is 5.84. The van der Waals surface area contributed by atoms with Gasteiger partial charge in [-0.1, -0.05) is 17.7 Å². The van der Waals surface area contributed by atoms with E-state index in [1.165, 1.54) is 18.5 Å². The minimum Gasteiger partial charge on any atom is -0.393 e. The fourth-order valence-corrected chi connectivity index (χ4v) is 3.32. The number of nitrogens with one attached hydrogen (secondary N) is 1. The van der Waals surface area contributed by atoms with Crippen molar-refractivity contribution in [3.05, 3.63) is 59.8 Å². The van der Waals surface area contributed by atoms with Crippen molar-refractivity contribution < 1.29 is 4.39 Å². The summed E-state index contributed by atoms with van der Waals surface area (Å²) in [6, 6.07) is 10.3. The number of hydrogen-bond donors (Lipinski definition) is 2. The van der Waals surface area contributed by atoms with Crippen molar-refractivity contribution >= 4 is 40.4 Å². The van der Waals surface area contributed by atoms with Crippen LogP contribution in [0.25, 0.3) is 0 Å². The number of nitrogens with zero attached hydrogens (tertiary/aromatic N) is 5. The molecule has 0 spiro atoms. The van der Waals surface area contributed by atoms with E-state index in [1.54, 1.807) is 12.3 Å². The number of piperazine rings is 1. The molecule has 9 heteroatoms. The van der Waals surface area contributed by atoms with Gasteiger partial charge < -0.3 is 20.9 Å². The Bertz CT molecular complexity index is 962. The van der Waals surface area contributed by atoms with Gasteiger partial charge in [0.1, 0.15) is 23.6 Å². The molecule has 0 radical (unpaired) electrons. The number of nitrogen functional groups attached to an aromatic ring is 1. The van der Waals surface area contributed by atoms with Gasteiger partial charge in [-0.05, 0) is 30.3 Å². The Labute approximate surface area is 167 Å². The average molecular weight is 400 g/mol. The summed E-state index contributed by atoms with van der Waals surface area (Å²) in [4.78, 5) is 17.3. The molecule has 0 unspecified atom stereocenters. The number of nitrogens with two attached hydrogens (primary N) is 1. The molecule has 28 heavy (non-hydrogen) atoms. The fourth-order valence-electron chi connectivity index (χ4n) is 3.14. The molecular formula is C19H19ClFN7. The molecule has 4 rings (SSSR count). The van der Waals surface area contributed by atoms with Gasteiger partial charge in [-0.25, -0.2) is 19.3 Å². The maximum atomic E-state index is 13.4. The molecule has 1 saturated heterocycles. The summed E-state index contributed by atoms with van der Waals surface area (Å²) in [6.07, 6.45) is 3.26. The molecule has 0 amide bonds. The second kappa shape index (κ2) is 7.85. The molecule has 3 heterocycles. The molecule has 7 nitrogen and oxygen atoms in total. The third-order valence-electron chi connectivity index (χ3n) is 4.60. The first kappa shape index (κ1) is 18.2. The van der Waals surface area contributed by atoms with E-state index in [2.05, 4.69) is 30.1 Å². The predicted octanol–water partition coefficient (Wildman–Crippen LogP) is 3.32. The van der Waals surface area contributed by atoms with Crippen LogP contribution in [-0.4, -0.2) is 41.1 Å². The Morgan fingerprint density at radius 3 is 2.50 bits per heavy atom. The smallest absolute Gasteiger partial charge is 0.159 e. The largest absolute Gasteiger partial charge is 0.393 e. The number of benzene rings is 1. The lowest BCUT2D eigenvalue weighted by Crippen LogP contribution is -2.47. The van der Waals surface area contributed by atoms with E-state index in [4.69, 9.17) is 17.3 Å². The molecular weight excluding hydrogens is 381 g/mol. The molecule has 1 aliphatic rings. The highest BCUT2D eigenvalue weighted by atomic mass is 35.5. The van der Waals surface area contributed by atoms with E-state index in [0.29, 0.717) is 23.0 Å². The zero-order valence-corrected chi connectivity index (χ0v) is 15.8. The zero-order chi connectivity index (χ0) is 19.5. The standard InChI is InChI=1S/C19H19ClFN7/c20-14-11-13(4-5-15(14)21)26-18-17(22)19(25-12-24-18)28-9-7-27(8-10-28)16-3-1-2-6-23-16/h1-6,11-12H,7-10,22H2,(H,24,25,26). The topological polar surface area (TPSA) is 83.2 Å². The van der Waals surface area contributed by atoms with Crippen molar-refractivity contribution in [2.45, 2.75) is 0 Å². The first-order valence-corrected chi connectivity index (χ1v) is 9.23. The van der Waals surface area contributed by atoms with Crippen molar-refractivity contribution in [3.8, 4) is 0 Å². The van der Waals surface area contributed by atoms with E-state index >= 15 is 0 Å². The van der Waals surface area contributed by atoms with Crippen LogP contribution in [0.15, 0.2) is 48.9 Å². The Balaban J connectivity index is 1.49. The second-order valence-electron chi connectivity index (χ2n) is 6.38. The highest BCUT2D eigenvalue weighted by molar-refractivity contribution is 6.31.